The largest absolute Gasteiger partial charge is 0.394 e. The van der Waals surface area contributed by atoms with Crippen molar-refractivity contribution >= 4 is 17.3 Å². The zero-order valence-corrected chi connectivity index (χ0v) is 11.2. The van der Waals surface area contributed by atoms with Gasteiger partial charge in [0.25, 0.3) is 0 Å². The highest BCUT2D eigenvalue weighted by atomic mass is 35.5. The number of nitrogens with one attached hydrogen (secondary N) is 1. The molecule has 2 aromatic rings. The van der Waals surface area contributed by atoms with Crippen molar-refractivity contribution in [1.82, 2.24) is 9.55 Å². The summed E-state index contributed by atoms with van der Waals surface area (Å²) in [5.41, 5.74) is 1.92. The Labute approximate surface area is 117 Å². The van der Waals surface area contributed by atoms with E-state index in [1.54, 1.807) is 0 Å². The Kier molecular flexibility index (Phi) is 3.44. The van der Waals surface area contributed by atoms with Gasteiger partial charge in [-0.1, -0.05) is 17.7 Å². The van der Waals surface area contributed by atoms with E-state index in [1.165, 1.54) is 12.8 Å². The van der Waals surface area contributed by atoms with Gasteiger partial charge in [-0.3, -0.25) is 0 Å². The van der Waals surface area contributed by atoms with E-state index in [9.17, 15) is 5.11 Å². The second-order valence-electron chi connectivity index (χ2n) is 4.85. The number of benzene rings is 1. The van der Waals surface area contributed by atoms with Crippen LogP contribution in [0.3, 0.4) is 0 Å². The number of rotatable bonds is 5. The van der Waals surface area contributed by atoms with Crippen LogP contribution >= 0.6 is 11.6 Å². The first-order valence-electron chi connectivity index (χ1n) is 6.42. The molecule has 1 aliphatic rings. The van der Waals surface area contributed by atoms with E-state index in [0.717, 1.165) is 11.4 Å². The Morgan fingerprint density at radius 2 is 2.32 bits per heavy atom. The highest BCUT2D eigenvalue weighted by molar-refractivity contribution is 6.30. The fourth-order valence-corrected chi connectivity index (χ4v) is 2.43. The Bertz CT molecular complexity index is 565. The maximum absolute atomic E-state index is 9.62. The van der Waals surface area contributed by atoms with Crippen LogP contribution in [0.25, 0.3) is 0 Å². The van der Waals surface area contributed by atoms with E-state index < -0.39 is 0 Å². The number of imidazole rings is 1. The van der Waals surface area contributed by atoms with Gasteiger partial charge in [0.15, 0.2) is 0 Å². The number of anilines is 1. The zero-order valence-electron chi connectivity index (χ0n) is 10.5. The summed E-state index contributed by atoms with van der Waals surface area (Å²) in [7, 11) is 0. The SMILES string of the molecule is OCC(Nc1cccc(Cl)c1)c1cncn1C1CC1. The van der Waals surface area contributed by atoms with Gasteiger partial charge in [-0.15, -0.1) is 0 Å². The van der Waals surface area contributed by atoms with Crippen LogP contribution in [0.1, 0.15) is 30.6 Å². The Hall–Kier alpha value is -1.52. The predicted molar refractivity (Wildman–Crippen MR) is 75.4 cm³/mol. The van der Waals surface area contributed by atoms with Crippen molar-refractivity contribution in [1.29, 1.82) is 0 Å². The van der Waals surface area contributed by atoms with Crippen LogP contribution in [0, 0.1) is 0 Å². The summed E-state index contributed by atoms with van der Waals surface area (Å²) >= 11 is 5.97. The zero-order chi connectivity index (χ0) is 13.2. The summed E-state index contributed by atoms with van der Waals surface area (Å²) < 4.78 is 2.15. The summed E-state index contributed by atoms with van der Waals surface area (Å²) in [6, 6.07) is 7.88. The maximum Gasteiger partial charge on any atom is 0.0951 e. The first kappa shape index (κ1) is 12.5. The molecule has 5 heteroatoms. The normalized spacial score (nSPS) is 16.3. The highest BCUT2D eigenvalue weighted by Gasteiger charge is 2.27. The molecule has 1 heterocycles. The first-order chi connectivity index (χ1) is 9.28. The molecule has 1 saturated carbocycles. The summed E-state index contributed by atoms with van der Waals surface area (Å²) in [6.07, 6.45) is 6.05. The Morgan fingerprint density at radius 1 is 1.47 bits per heavy atom. The lowest BCUT2D eigenvalue weighted by Crippen LogP contribution is -2.18. The second-order valence-corrected chi connectivity index (χ2v) is 5.28. The van der Waals surface area contributed by atoms with Gasteiger partial charge in [0, 0.05) is 16.8 Å². The molecule has 2 N–H and O–H groups in total. The highest BCUT2D eigenvalue weighted by Crippen LogP contribution is 2.37. The third-order valence-electron chi connectivity index (χ3n) is 3.34. The number of aliphatic hydroxyl groups is 1. The van der Waals surface area contributed by atoms with Gasteiger partial charge < -0.3 is 15.0 Å². The van der Waals surface area contributed by atoms with Crippen LogP contribution in [-0.4, -0.2) is 21.3 Å². The first-order valence-corrected chi connectivity index (χ1v) is 6.80. The van der Waals surface area contributed by atoms with Crippen molar-refractivity contribution in [3.63, 3.8) is 0 Å². The van der Waals surface area contributed by atoms with E-state index in [4.69, 9.17) is 11.6 Å². The Balaban J connectivity index is 1.82. The molecule has 4 nitrogen and oxygen atoms in total. The molecule has 1 aromatic carbocycles. The molecule has 1 unspecified atom stereocenters. The molecule has 1 fully saturated rings. The monoisotopic (exact) mass is 277 g/mol. The van der Waals surface area contributed by atoms with Crippen molar-refractivity contribution < 1.29 is 5.11 Å². The molecule has 0 amide bonds. The molecule has 0 bridgehead atoms. The van der Waals surface area contributed by atoms with Crippen LogP contribution in [0.15, 0.2) is 36.8 Å². The molecule has 0 saturated heterocycles. The molecule has 1 aromatic heterocycles. The lowest BCUT2D eigenvalue weighted by molar-refractivity contribution is 0.272. The molecule has 100 valence electrons. The van der Waals surface area contributed by atoms with Crippen molar-refractivity contribution in [3.8, 4) is 0 Å². The van der Waals surface area contributed by atoms with Crippen LogP contribution in [0.5, 0.6) is 0 Å². The Morgan fingerprint density at radius 3 is 3.00 bits per heavy atom. The van der Waals surface area contributed by atoms with Gasteiger partial charge in [-0.2, -0.15) is 0 Å². The summed E-state index contributed by atoms with van der Waals surface area (Å²) in [6.45, 7) is 0.0188. The minimum atomic E-state index is -0.165. The standard InChI is InChI=1S/C14H16ClN3O/c15-10-2-1-3-11(6-10)17-13(8-19)14-7-16-9-18(14)12-4-5-12/h1-3,6-7,9,12-13,17,19H,4-5,8H2. The fourth-order valence-electron chi connectivity index (χ4n) is 2.24. The number of nitrogens with zero attached hydrogens (tertiary/aromatic N) is 2. The van der Waals surface area contributed by atoms with Crippen molar-refractivity contribution in [2.75, 3.05) is 11.9 Å². The fraction of sp³-hybridized carbons (Fsp3) is 0.357. The average Bonchev–Trinajstić information content (AvgIpc) is 3.14. The third kappa shape index (κ3) is 2.74. The number of aromatic nitrogens is 2. The molecule has 3 rings (SSSR count). The third-order valence-corrected chi connectivity index (χ3v) is 3.58. The smallest absolute Gasteiger partial charge is 0.0951 e. The maximum atomic E-state index is 9.62. The summed E-state index contributed by atoms with van der Waals surface area (Å²) in [5.74, 6) is 0. The molecule has 0 radical (unpaired) electrons. The molecule has 1 aliphatic carbocycles. The molecule has 0 aliphatic heterocycles. The number of hydrogen-bond donors (Lipinski definition) is 2. The minimum absolute atomic E-state index is 0.0188. The van der Waals surface area contributed by atoms with Crippen molar-refractivity contribution in [2.45, 2.75) is 24.9 Å². The number of hydrogen-bond acceptors (Lipinski definition) is 3. The van der Waals surface area contributed by atoms with Gasteiger partial charge >= 0.3 is 0 Å². The lowest BCUT2D eigenvalue weighted by Gasteiger charge is -2.19. The van der Waals surface area contributed by atoms with Crippen LogP contribution in [0.4, 0.5) is 5.69 Å². The number of halogens is 1. The average molecular weight is 278 g/mol. The quantitative estimate of drug-likeness (QED) is 0.883. The van der Waals surface area contributed by atoms with Crippen LogP contribution in [-0.2, 0) is 0 Å². The van der Waals surface area contributed by atoms with Gasteiger partial charge in [-0.05, 0) is 31.0 Å². The van der Waals surface area contributed by atoms with Gasteiger partial charge in [0.2, 0.25) is 0 Å². The van der Waals surface area contributed by atoms with E-state index in [-0.39, 0.29) is 12.6 Å². The number of aliphatic hydroxyl groups excluding tert-OH is 1. The van der Waals surface area contributed by atoms with Crippen LogP contribution in [0.2, 0.25) is 5.02 Å². The molecule has 0 spiro atoms. The van der Waals surface area contributed by atoms with E-state index in [1.807, 2.05) is 36.8 Å². The summed E-state index contributed by atoms with van der Waals surface area (Å²) in [5, 5.41) is 13.6. The van der Waals surface area contributed by atoms with Gasteiger partial charge in [0.1, 0.15) is 0 Å². The lowest BCUT2D eigenvalue weighted by atomic mass is 10.2. The predicted octanol–water partition coefficient (Wildman–Crippen LogP) is 3.02. The van der Waals surface area contributed by atoms with Gasteiger partial charge in [-0.25, -0.2) is 4.98 Å². The van der Waals surface area contributed by atoms with Gasteiger partial charge in [0.05, 0.1) is 30.9 Å². The topological polar surface area (TPSA) is 50.1 Å². The molecule has 1 atom stereocenters. The molecule has 19 heavy (non-hydrogen) atoms. The summed E-state index contributed by atoms with van der Waals surface area (Å²) in [4.78, 5) is 4.20. The van der Waals surface area contributed by atoms with E-state index in [2.05, 4.69) is 14.9 Å². The second kappa shape index (κ2) is 5.23. The molecular weight excluding hydrogens is 262 g/mol. The van der Waals surface area contributed by atoms with Crippen molar-refractivity contribution in [2.24, 2.45) is 0 Å². The van der Waals surface area contributed by atoms with E-state index in [0.29, 0.717) is 11.1 Å². The van der Waals surface area contributed by atoms with Crippen LogP contribution < -0.4 is 5.32 Å². The van der Waals surface area contributed by atoms with Crippen molar-refractivity contribution in [3.05, 3.63) is 47.5 Å². The molecular formula is C14H16ClN3O. The van der Waals surface area contributed by atoms with E-state index >= 15 is 0 Å². The minimum Gasteiger partial charge on any atom is -0.394 e.